The molecule has 0 atom stereocenters. The van der Waals surface area contributed by atoms with Crippen LogP contribution in [0.4, 0.5) is 5.69 Å². The molecule has 0 amide bonds. The predicted octanol–water partition coefficient (Wildman–Crippen LogP) is 2.98. The van der Waals surface area contributed by atoms with E-state index >= 15 is 0 Å². The zero-order valence-electron chi connectivity index (χ0n) is 5.74. The molecule has 1 aromatic rings. The van der Waals surface area contributed by atoms with Crippen LogP contribution in [-0.4, -0.2) is 10.1 Å². The van der Waals surface area contributed by atoms with E-state index in [9.17, 15) is 5.21 Å². The fraction of sp³-hybridized carbons (Fsp3) is 0. The lowest BCUT2D eigenvalue weighted by atomic mass is 10.3. The maximum atomic E-state index is 10.7. The molecule has 0 saturated carbocycles. The van der Waals surface area contributed by atoms with Gasteiger partial charge in [-0.1, -0.05) is 29.3 Å². The van der Waals surface area contributed by atoms with Gasteiger partial charge in [0.05, 0.1) is 5.02 Å². The van der Waals surface area contributed by atoms with Crippen LogP contribution >= 0.6 is 23.2 Å². The number of benzene rings is 1. The molecule has 1 aromatic carbocycles. The van der Waals surface area contributed by atoms with Crippen molar-refractivity contribution in [3.05, 3.63) is 33.5 Å². The first-order valence-electron chi connectivity index (χ1n) is 2.93. The number of nitrogens with zero attached hydrogens (tertiary/aromatic N) is 2. The van der Waals surface area contributed by atoms with Crippen molar-refractivity contribution in [3.8, 4) is 0 Å². The van der Waals surface area contributed by atoms with Gasteiger partial charge in [0, 0.05) is 6.07 Å². The Hall–Kier alpha value is -1.000. The smallest absolute Gasteiger partial charge is 0.268 e. The van der Waals surface area contributed by atoms with E-state index in [0.717, 1.165) is 0 Å². The zero-order chi connectivity index (χ0) is 9.14. The van der Waals surface area contributed by atoms with E-state index < -0.39 is 0 Å². The molecule has 0 aliphatic carbocycles. The van der Waals surface area contributed by atoms with Crippen LogP contribution in [0.5, 0.6) is 0 Å². The van der Waals surface area contributed by atoms with Crippen LogP contribution in [0, 0.1) is 5.21 Å². The average Bonchev–Trinajstić information content (AvgIpc) is 2.08. The Morgan fingerprint density at radius 3 is 2.67 bits per heavy atom. The first kappa shape index (κ1) is 9.09. The highest BCUT2D eigenvalue weighted by molar-refractivity contribution is 6.43. The molecule has 64 valence electrons. The Morgan fingerprint density at radius 2 is 2.08 bits per heavy atom. The molecule has 1 N–H and O–H groups in total. The van der Waals surface area contributed by atoms with E-state index in [1.54, 1.807) is 0 Å². The lowest BCUT2D eigenvalue weighted by Crippen LogP contribution is -1.91. The van der Waals surface area contributed by atoms with E-state index in [1.807, 2.05) is 0 Å². The summed E-state index contributed by atoms with van der Waals surface area (Å²) in [6.45, 7) is 0. The Balaban J connectivity index is 3.26. The van der Waals surface area contributed by atoms with Crippen molar-refractivity contribution >= 4 is 28.9 Å². The number of halogens is 2. The molecule has 12 heavy (non-hydrogen) atoms. The second-order valence-corrected chi connectivity index (χ2v) is 2.72. The standard InChI is InChI=1S/C6H4Cl2N2O2/c7-4-2-1-3-5(6(4)8)10(12)9-11/h1-3,11H/b10-9-. The van der Waals surface area contributed by atoms with Crippen molar-refractivity contribution in [2.45, 2.75) is 0 Å². The van der Waals surface area contributed by atoms with E-state index in [-0.39, 0.29) is 20.6 Å². The Morgan fingerprint density at radius 1 is 1.42 bits per heavy atom. The molecule has 0 aliphatic rings. The van der Waals surface area contributed by atoms with E-state index in [4.69, 9.17) is 28.4 Å². The third-order valence-electron chi connectivity index (χ3n) is 1.22. The summed E-state index contributed by atoms with van der Waals surface area (Å²) in [6, 6.07) is 4.44. The fourth-order valence-electron chi connectivity index (χ4n) is 0.688. The largest absolute Gasteiger partial charge is 0.592 e. The van der Waals surface area contributed by atoms with Gasteiger partial charge >= 0.3 is 0 Å². The Labute approximate surface area is 78.2 Å². The van der Waals surface area contributed by atoms with Crippen LogP contribution in [0.3, 0.4) is 0 Å². The maximum absolute atomic E-state index is 10.7. The summed E-state index contributed by atoms with van der Waals surface area (Å²) in [5.41, 5.74) is 0.00617. The fourth-order valence-corrected chi connectivity index (χ4v) is 1.06. The molecular formula is C6H4Cl2N2O2. The van der Waals surface area contributed by atoms with Gasteiger partial charge in [-0.25, -0.2) is 0 Å². The van der Waals surface area contributed by atoms with Gasteiger partial charge < -0.3 is 10.4 Å². The summed E-state index contributed by atoms with van der Waals surface area (Å²) in [7, 11) is 0. The van der Waals surface area contributed by atoms with Gasteiger partial charge in [0.1, 0.15) is 5.02 Å². The lowest BCUT2D eigenvalue weighted by molar-refractivity contribution is -0.473. The van der Waals surface area contributed by atoms with Crippen LogP contribution in [0.2, 0.25) is 10.0 Å². The monoisotopic (exact) mass is 206 g/mol. The van der Waals surface area contributed by atoms with Crippen molar-refractivity contribution in [1.29, 1.82) is 0 Å². The molecule has 0 unspecified atom stereocenters. The highest BCUT2D eigenvalue weighted by atomic mass is 35.5. The number of hydrogen-bond donors (Lipinski definition) is 1. The van der Waals surface area contributed by atoms with Crippen molar-refractivity contribution in [1.82, 2.24) is 0 Å². The van der Waals surface area contributed by atoms with Gasteiger partial charge in [-0.15, -0.1) is 0 Å². The number of rotatable bonds is 1. The van der Waals surface area contributed by atoms with Gasteiger partial charge in [-0.3, -0.25) is 0 Å². The van der Waals surface area contributed by atoms with Crippen LogP contribution < -0.4 is 0 Å². The molecule has 0 radical (unpaired) electrons. The molecule has 0 bridgehead atoms. The molecule has 4 nitrogen and oxygen atoms in total. The van der Waals surface area contributed by atoms with Crippen molar-refractivity contribution in [2.75, 3.05) is 0 Å². The molecule has 0 aliphatic heterocycles. The highest BCUT2D eigenvalue weighted by Gasteiger charge is 2.12. The first-order chi connectivity index (χ1) is 5.66. The normalized spacial score (nSPS) is 11.7. The van der Waals surface area contributed by atoms with Gasteiger partial charge in [-0.05, 0) is 10.9 Å². The summed E-state index contributed by atoms with van der Waals surface area (Å²) in [6.07, 6.45) is 0. The maximum Gasteiger partial charge on any atom is 0.268 e. The van der Waals surface area contributed by atoms with Crippen molar-refractivity contribution < 1.29 is 10.1 Å². The zero-order valence-corrected chi connectivity index (χ0v) is 7.25. The molecule has 6 heteroatoms. The van der Waals surface area contributed by atoms with Crippen LogP contribution in [0.15, 0.2) is 23.5 Å². The molecule has 1 rings (SSSR count). The SMILES string of the molecule is [O-]/[N+](=N\O)c1cccc(Cl)c1Cl. The van der Waals surface area contributed by atoms with E-state index in [2.05, 4.69) is 5.28 Å². The second kappa shape index (κ2) is 3.60. The molecule has 0 saturated heterocycles. The van der Waals surface area contributed by atoms with E-state index in [0.29, 0.717) is 0 Å². The molecule has 0 spiro atoms. The van der Waals surface area contributed by atoms with Crippen LogP contribution in [0.25, 0.3) is 0 Å². The van der Waals surface area contributed by atoms with Gasteiger partial charge in [-0.2, -0.15) is 0 Å². The second-order valence-electron chi connectivity index (χ2n) is 1.94. The lowest BCUT2D eigenvalue weighted by Gasteiger charge is -1.99. The third kappa shape index (κ3) is 1.60. The quantitative estimate of drug-likeness (QED) is 0.437. The van der Waals surface area contributed by atoms with Gasteiger partial charge in [0.15, 0.2) is 0 Å². The van der Waals surface area contributed by atoms with Crippen molar-refractivity contribution in [3.63, 3.8) is 0 Å². The number of hydrogen-bond acceptors (Lipinski definition) is 2. The molecule has 0 fully saturated rings. The Kier molecular flexibility index (Phi) is 2.73. The molecule has 0 aromatic heterocycles. The third-order valence-corrected chi connectivity index (χ3v) is 2.03. The highest BCUT2D eigenvalue weighted by Crippen LogP contribution is 2.31. The van der Waals surface area contributed by atoms with Crippen LogP contribution in [0.1, 0.15) is 0 Å². The summed E-state index contributed by atoms with van der Waals surface area (Å²) < 4.78 is 0. The Bertz CT molecular complexity index is 327. The van der Waals surface area contributed by atoms with Crippen LogP contribution in [-0.2, 0) is 0 Å². The topological polar surface area (TPSA) is 58.7 Å². The van der Waals surface area contributed by atoms with Gasteiger partial charge in [0.25, 0.3) is 5.69 Å². The summed E-state index contributed by atoms with van der Waals surface area (Å²) in [5, 5.41) is 21.6. The average molecular weight is 207 g/mol. The summed E-state index contributed by atoms with van der Waals surface area (Å²) in [5.74, 6) is 0. The summed E-state index contributed by atoms with van der Waals surface area (Å²) >= 11 is 11.2. The molecule has 0 heterocycles. The minimum absolute atomic E-state index is 0.00617. The van der Waals surface area contributed by atoms with E-state index in [1.165, 1.54) is 18.2 Å². The van der Waals surface area contributed by atoms with Crippen molar-refractivity contribution in [2.24, 2.45) is 5.28 Å². The predicted molar refractivity (Wildman–Crippen MR) is 44.0 cm³/mol. The first-order valence-corrected chi connectivity index (χ1v) is 3.68. The summed E-state index contributed by atoms with van der Waals surface area (Å²) in [4.78, 5) is -0.0196. The minimum Gasteiger partial charge on any atom is -0.592 e. The molecular weight excluding hydrogens is 203 g/mol. The minimum atomic E-state index is -0.0196. The van der Waals surface area contributed by atoms with Gasteiger partial charge in [0.2, 0.25) is 5.28 Å².